The molecule has 3 amide bonds. The molecule has 8 N–H and O–H groups in total. The maximum Gasteiger partial charge on any atom is 0.327 e. The molecule has 0 fully saturated rings. The second kappa shape index (κ2) is 12.0. The number of carbonyl (C=O) groups is 4. The van der Waals surface area contributed by atoms with Gasteiger partial charge in [0.05, 0.1) is 18.8 Å². The summed E-state index contributed by atoms with van der Waals surface area (Å²) in [5, 5.41) is 34.3. The molecule has 0 aromatic heterocycles. The lowest BCUT2D eigenvalue weighted by atomic mass is 10.1. The summed E-state index contributed by atoms with van der Waals surface area (Å²) < 4.78 is 0. The van der Waals surface area contributed by atoms with Gasteiger partial charge in [-0.2, -0.15) is 25.3 Å². The van der Waals surface area contributed by atoms with Gasteiger partial charge in [-0.1, -0.05) is 0 Å². The van der Waals surface area contributed by atoms with Gasteiger partial charge in [-0.15, -0.1) is 0 Å². The standard InChI is InChI=1S/C13H24N4O7S2/c1-5(19)9(17-10(20)6(14)3-25)12(22)15-7(2-18)11(21)16-8(4-26)13(23)24/h5-9,18-19,25-26H,2-4,14H2,1H3,(H,15,22)(H,16,21)(H,17,20)(H,23,24). The predicted molar refractivity (Wildman–Crippen MR) is 97.9 cm³/mol. The topological polar surface area (TPSA) is 191 Å². The van der Waals surface area contributed by atoms with Gasteiger partial charge < -0.3 is 37.0 Å². The van der Waals surface area contributed by atoms with Crippen LogP contribution in [-0.2, 0) is 19.2 Å². The van der Waals surface area contributed by atoms with Gasteiger partial charge in [-0.05, 0) is 6.92 Å². The molecule has 0 aromatic carbocycles. The Hall–Kier alpha value is -1.54. The minimum atomic E-state index is -1.50. The molecule has 5 unspecified atom stereocenters. The highest BCUT2D eigenvalue weighted by molar-refractivity contribution is 7.80. The van der Waals surface area contributed by atoms with Crippen LogP contribution in [0.25, 0.3) is 0 Å². The van der Waals surface area contributed by atoms with Gasteiger partial charge >= 0.3 is 5.97 Å². The fourth-order valence-electron chi connectivity index (χ4n) is 1.66. The van der Waals surface area contributed by atoms with Crippen LogP contribution in [0.1, 0.15) is 6.92 Å². The van der Waals surface area contributed by atoms with Gasteiger partial charge in [0, 0.05) is 11.5 Å². The lowest BCUT2D eigenvalue weighted by Gasteiger charge is -2.25. The van der Waals surface area contributed by atoms with Gasteiger partial charge in [-0.25, -0.2) is 4.79 Å². The first-order valence-corrected chi connectivity index (χ1v) is 8.75. The average molecular weight is 412 g/mol. The average Bonchev–Trinajstić information content (AvgIpc) is 2.59. The number of amides is 3. The van der Waals surface area contributed by atoms with Crippen LogP contribution in [-0.4, -0.2) is 87.4 Å². The van der Waals surface area contributed by atoms with Crippen LogP contribution < -0.4 is 21.7 Å². The van der Waals surface area contributed by atoms with Crippen molar-refractivity contribution < 1.29 is 34.5 Å². The number of nitrogens with one attached hydrogen (secondary N) is 3. The second-order valence-electron chi connectivity index (χ2n) is 5.34. The number of hydrogen-bond acceptors (Lipinski definition) is 9. The fourth-order valence-corrected chi connectivity index (χ4v) is 2.08. The van der Waals surface area contributed by atoms with Gasteiger partial charge in [0.1, 0.15) is 18.1 Å². The number of hydrogen-bond donors (Lipinski definition) is 9. The maximum absolute atomic E-state index is 12.2. The summed E-state index contributed by atoms with van der Waals surface area (Å²) in [4.78, 5) is 46.9. The summed E-state index contributed by atoms with van der Waals surface area (Å²) in [5.74, 6) is -4.22. The van der Waals surface area contributed by atoms with Crippen molar-refractivity contribution in [2.45, 2.75) is 37.2 Å². The number of aliphatic carboxylic acids is 1. The third-order valence-corrected chi connectivity index (χ3v) is 3.97. The molecule has 0 saturated heterocycles. The first kappa shape index (κ1) is 24.5. The number of nitrogens with two attached hydrogens (primary N) is 1. The maximum atomic E-state index is 12.2. The summed E-state index contributed by atoms with van der Waals surface area (Å²) in [5.41, 5.74) is 5.47. The van der Waals surface area contributed by atoms with Gasteiger partial charge in [-0.3, -0.25) is 14.4 Å². The molecule has 11 nitrogen and oxygen atoms in total. The van der Waals surface area contributed by atoms with Crippen LogP contribution >= 0.6 is 25.3 Å². The van der Waals surface area contributed by atoms with Gasteiger partial charge in [0.15, 0.2) is 0 Å². The summed E-state index contributed by atoms with van der Waals surface area (Å²) in [7, 11) is 0. The number of carboxylic acid groups (broad SMARTS) is 1. The molecule has 5 atom stereocenters. The molecule has 0 aliphatic rings. The Morgan fingerprint density at radius 3 is 1.88 bits per heavy atom. The van der Waals surface area contributed by atoms with Crippen molar-refractivity contribution in [3.63, 3.8) is 0 Å². The molecule has 0 aliphatic carbocycles. The summed E-state index contributed by atoms with van der Waals surface area (Å²) in [6.45, 7) is 0.388. The van der Waals surface area contributed by atoms with E-state index in [1.807, 2.05) is 0 Å². The Balaban J connectivity index is 5.04. The van der Waals surface area contributed by atoms with Crippen LogP contribution in [0.15, 0.2) is 0 Å². The van der Waals surface area contributed by atoms with Gasteiger partial charge in [0.25, 0.3) is 0 Å². The van der Waals surface area contributed by atoms with Crippen molar-refractivity contribution in [3.8, 4) is 0 Å². The number of carboxylic acids is 1. The first-order chi connectivity index (χ1) is 12.1. The molecule has 150 valence electrons. The lowest BCUT2D eigenvalue weighted by molar-refractivity contribution is -0.142. The van der Waals surface area contributed by atoms with Crippen molar-refractivity contribution in [2.24, 2.45) is 5.73 Å². The Kier molecular flexibility index (Phi) is 11.2. The van der Waals surface area contributed by atoms with Gasteiger partial charge in [0.2, 0.25) is 17.7 Å². The molecule has 0 bridgehead atoms. The molecule has 13 heteroatoms. The molecule has 0 heterocycles. The third kappa shape index (κ3) is 7.78. The largest absolute Gasteiger partial charge is 0.480 e. The number of aliphatic hydroxyl groups is 2. The minimum absolute atomic E-state index is 0.00194. The summed E-state index contributed by atoms with van der Waals surface area (Å²) in [6.07, 6.45) is -1.34. The summed E-state index contributed by atoms with van der Waals surface area (Å²) in [6, 6.07) is -5.29. The lowest BCUT2D eigenvalue weighted by Crippen LogP contribution is -2.60. The van der Waals surface area contributed by atoms with E-state index in [2.05, 4.69) is 41.2 Å². The molecule has 0 rings (SSSR count). The number of aliphatic hydroxyl groups excluding tert-OH is 2. The quantitative estimate of drug-likeness (QED) is 0.154. The molecule has 0 spiro atoms. The first-order valence-electron chi connectivity index (χ1n) is 7.49. The molecule has 0 aliphatic heterocycles. The number of thiol groups is 2. The van der Waals surface area contributed by atoms with Crippen molar-refractivity contribution in [1.29, 1.82) is 0 Å². The van der Waals surface area contributed by atoms with E-state index in [-0.39, 0.29) is 11.5 Å². The SMILES string of the molecule is CC(O)C(NC(=O)C(N)CS)C(=O)NC(CO)C(=O)NC(CS)C(=O)O. The molecule has 0 radical (unpaired) electrons. The van der Waals surface area contributed by atoms with Crippen molar-refractivity contribution in [1.82, 2.24) is 16.0 Å². The van der Waals surface area contributed by atoms with Crippen molar-refractivity contribution in [3.05, 3.63) is 0 Å². The zero-order valence-electron chi connectivity index (χ0n) is 14.0. The van der Waals surface area contributed by atoms with E-state index in [1.165, 1.54) is 6.92 Å². The molecule has 0 saturated carbocycles. The van der Waals surface area contributed by atoms with E-state index < -0.39 is 60.6 Å². The van der Waals surface area contributed by atoms with Crippen LogP contribution in [0.2, 0.25) is 0 Å². The smallest absolute Gasteiger partial charge is 0.327 e. The van der Waals surface area contributed by atoms with Crippen molar-refractivity contribution >= 4 is 48.9 Å². The molecule has 0 aromatic rings. The Morgan fingerprint density at radius 1 is 0.962 bits per heavy atom. The normalized spacial score (nSPS) is 16.5. The molecular formula is C13H24N4O7S2. The summed E-state index contributed by atoms with van der Waals surface area (Å²) >= 11 is 7.63. The number of rotatable bonds is 11. The van der Waals surface area contributed by atoms with Crippen molar-refractivity contribution in [2.75, 3.05) is 18.1 Å². The second-order valence-corrected chi connectivity index (χ2v) is 6.07. The van der Waals surface area contributed by atoms with Crippen LogP contribution in [0.5, 0.6) is 0 Å². The van der Waals surface area contributed by atoms with E-state index in [0.717, 1.165) is 0 Å². The third-order valence-electron chi connectivity index (χ3n) is 3.21. The monoisotopic (exact) mass is 412 g/mol. The zero-order valence-corrected chi connectivity index (χ0v) is 15.7. The number of carbonyl (C=O) groups excluding carboxylic acids is 3. The van der Waals surface area contributed by atoms with E-state index in [0.29, 0.717) is 0 Å². The van der Waals surface area contributed by atoms with Crippen LogP contribution in [0.3, 0.4) is 0 Å². The highest BCUT2D eigenvalue weighted by Gasteiger charge is 2.31. The molecular weight excluding hydrogens is 388 g/mol. The Bertz CT molecular complexity index is 521. The highest BCUT2D eigenvalue weighted by Crippen LogP contribution is 1.98. The Morgan fingerprint density at radius 2 is 1.50 bits per heavy atom. The predicted octanol–water partition coefficient (Wildman–Crippen LogP) is -3.91. The highest BCUT2D eigenvalue weighted by atomic mass is 32.1. The fraction of sp³-hybridized carbons (Fsp3) is 0.692. The van der Waals surface area contributed by atoms with E-state index in [1.54, 1.807) is 0 Å². The van der Waals surface area contributed by atoms with E-state index >= 15 is 0 Å². The van der Waals surface area contributed by atoms with Crippen LogP contribution in [0.4, 0.5) is 0 Å². The minimum Gasteiger partial charge on any atom is -0.480 e. The van der Waals surface area contributed by atoms with E-state index in [9.17, 15) is 29.4 Å². The van der Waals surface area contributed by atoms with Crippen LogP contribution in [0, 0.1) is 0 Å². The zero-order chi connectivity index (χ0) is 20.4. The Labute approximate surface area is 160 Å². The molecule has 26 heavy (non-hydrogen) atoms. The van der Waals surface area contributed by atoms with E-state index in [4.69, 9.17) is 10.8 Å².